The molecular weight excluding hydrogens is 255 g/mol. The summed E-state index contributed by atoms with van der Waals surface area (Å²) in [4.78, 5) is 0. The van der Waals surface area contributed by atoms with Crippen molar-refractivity contribution in [2.24, 2.45) is 0 Å². The van der Waals surface area contributed by atoms with Gasteiger partial charge in [-0.05, 0) is 35.4 Å². The summed E-state index contributed by atoms with van der Waals surface area (Å²) in [5, 5.41) is 18.2. The summed E-state index contributed by atoms with van der Waals surface area (Å²) >= 11 is 0. The minimum atomic E-state index is -4.37. The van der Waals surface area contributed by atoms with Crippen LogP contribution < -0.4 is 0 Å². The summed E-state index contributed by atoms with van der Waals surface area (Å²) in [6, 6.07) is 10.7. The smallest absolute Gasteiger partial charge is 0.416 e. The van der Waals surface area contributed by atoms with Gasteiger partial charge in [0.25, 0.3) is 0 Å². The highest BCUT2D eigenvalue weighted by molar-refractivity contribution is 5.67. The van der Waals surface area contributed by atoms with Crippen LogP contribution in [0.4, 0.5) is 13.2 Å². The second-order valence-corrected chi connectivity index (χ2v) is 3.92. The van der Waals surface area contributed by atoms with Crippen molar-refractivity contribution in [1.82, 2.24) is 0 Å². The standard InChI is InChI=1S/C14H8F3NO/c15-14(16,17)12-5-3-9(4-6-12)10-1-2-11(8-18)13(19)7-10/h1-7,19H. The van der Waals surface area contributed by atoms with Gasteiger partial charge in [-0.3, -0.25) is 0 Å². The van der Waals surface area contributed by atoms with E-state index in [4.69, 9.17) is 5.26 Å². The van der Waals surface area contributed by atoms with Gasteiger partial charge >= 0.3 is 6.18 Å². The van der Waals surface area contributed by atoms with Gasteiger partial charge in [0.15, 0.2) is 0 Å². The molecule has 0 spiro atoms. The lowest BCUT2D eigenvalue weighted by Gasteiger charge is -2.08. The number of nitriles is 1. The van der Waals surface area contributed by atoms with Gasteiger partial charge < -0.3 is 5.11 Å². The molecule has 0 aliphatic carbocycles. The molecule has 0 saturated heterocycles. The molecule has 0 aromatic heterocycles. The Labute approximate surface area is 107 Å². The number of alkyl halides is 3. The van der Waals surface area contributed by atoms with E-state index < -0.39 is 11.7 Å². The number of phenolic OH excluding ortho intramolecular Hbond substituents is 1. The lowest BCUT2D eigenvalue weighted by atomic mass is 10.0. The molecule has 0 radical (unpaired) electrons. The molecule has 0 bridgehead atoms. The van der Waals surface area contributed by atoms with Crippen molar-refractivity contribution in [3.8, 4) is 22.9 Å². The lowest BCUT2D eigenvalue weighted by molar-refractivity contribution is -0.137. The van der Waals surface area contributed by atoms with E-state index in [1.54, 1.807) is 12.1 Å². The van der Waals surface area contributed by atoms with Crippen LogP contribution in [0.2, 0.25) is 0 Å². The molecule has 0 heterocycles. The van der Waals surface area contributed by atoms with Gasteiger partial charge in [-0.2, -0.15) is 18.4 Å². The Bertz CT molecular complexity index is 639. The average molecular weight is 263 g/mol. The number of phenols is 1. The molecule has 2 aromatic rings. The van der Waals surface area contributed by atoms with E-state index >= 15 is 0 Å². The maximum absolute atomic E-state index is 12.4. The predicted molar refractivity (Wildman–Crippen MR) is 63.3 cm³/mol. The Morgan fingerprint density at radius 1 is 0.947 bits per heavy atom. The highest BCUT2D eigenvalue weighted by atomic mass is 19.4. The molecular formula is C14H8F3NO. The zero-order chi connectivity index (χ0) is 14.0. The third-order valence-electron chi connectivity index (χ3n) is 2.66. The number of rotatable bonds is 1. The molecule has 0 atom stereocenters. The van der Waals surface area contributed by atoms with E-state index in [-0.39, 0.29) is 11.3 Å². The molecule has 0 fully saturated rings. The van der Waals surface area contributed by atoms with Crippen molar-refractivity contribution in [2.45, 2.75) is 6.18 Å². The van der Waals surface area contributed by atoms with Crippen LogP contribution in [0, 0.1) is 11.3 Å². The van der Waals surface area contributed by atoms with Crippen LogP contribution in [0.15, 0.2) is 42.5 Å². The fraction of sp³-hybridized carbons (Fsp3) is 0.0714. The van der Waals surface area contributed by atoms with Gasteiger partial charge in [-0.1, -0.05) is 18.2 Å². The minimum Gasteiger partial charge on any atom is -0.507 e. The second kappa shape index (κ2) is 4.65. The van der Waals surface area contributed by atoms with E-state index in [2.05, 4.69) is 0 Å². The zero-order valence-electron chi connectivity index (χ0n) is 9.57. The van der Waals surface area contributed by atoms with Gasteiger partial charge in [-0.15, -0.1) is 0 Å². The number of halogens is 3. The molecule has 0 aliphatic heterocycles. The number of nitrogens with zero attached hydrogens (tertiary/aromatic N) is 1. The lowest BCUT2D eigenvalue weighted by Crippen LogP contribution is -2.03. The molecule has 5 heteroatoms. The summed E-state index contributed by atoms with van der Waals surface area (Å²) in [5.41, 5.74) is 0.475. The summed E-state index contributed by atoms with van der Waals surface area (Å²) in [6.45, 7) is 0. The number of benzene rings is 2. The van der Waals surface area contributed by atoms with Crippen molar-refractivity contribution < 1.29 is 18.3 Å². The van der Waals surface area contributed by atoms with Crippen LogP contribution in [0.3, 0.4) is 0 Å². The van der Waals surface area contributed by atoms with Crippen LogP contribution in [0.25, 0.3) is 11.1 Å². The number of hydrogen-bond donors (Lipinski definition) is 1. The summed E-state index contributed by atoms with van der Waals surface area (Å²) in [7, 11) is 0. The maximum Gasteiger partial charge on any atom is 0.416 e. The quantitative estimate of drug-likeness (QED) is 0.846. The Balaban J connectivity index is 2.38. The fourth-order valence-electron chi connectivity index (χ4n) is 1.66. The van der Waals surface area contributed by atoms with Gasteiger partial charge in [-0.25, -0.2) is 0 Å². The van der Waals surface area contributed by atoms with E-state index in [0.717, 1.165) is 12.1 Å². The summed E-state index contributed by atoms with van der Waals surface area (Å²) in [5.74, 6) is -0.195. The largest absolute Gasteiger partial charge is 0.507 e. The number of aromatic hydroxyl groups is 1. The van der Waals surface area contributed by atoms with E-state index in [1.807, 2.05) is 0 Å². The van der Waals surface area contributed by atoms with Crippen molar-refractivity contribution in [3.05, 3.63) is 53.6 Å². The zero-order valence-corrected chi connectivity index (χ0v) is 9.57. The molecule has 96 valence electrons. The first kappa shape index (κ1) is 13.0. The minimum absolute atomic E-state index is 0.121. The third-order valence-corrected chi connectivity index (χ3v) is 2.66. The first-order valence-corrected chi connectivity index (χ1v) is 5.32. The van der Waals surface area contributed by atoms with E-state index in [1.165, 1.54) is 24.3 Å². The Morgan fingerprint density at radius 2 is 1.53 bits per heavy atom. The highest BCUT2D eigenvalue weighted by Crippen LogP contribution is 2.32. The molecule has 2 nitrogen and oxygen atoms in total. The molecule has 0 unspecified atom stereocenters. The van der Waals surface area contributed by atoms with Crippen LogP contribution in [-0.2, 0) is 6.18 Å². The van der Waals surface area contributed by atoms with Crippen molar-refractivity contribution >= 4 is 0 Å². The Kier molecular flexibility index (Phi) is 3.17. The summed E-state index contributed by atoms with van der Waals surface area (Å²) in [6.07, 6.45) is -4.37. The normalized spacial score (nSPS) is 11.1. The second-order valence-electron chi connectivity index (χ2n) is 3.92. The van der Waals surface area contributed by atoms with E-state index in [0.29, 0.717) is 11.1 Å². The van der Waals surface area contributed by atoms with Gasteiger partial charge in [0.05, 0.1) is 11.1 Å². The first-order chi connectivity index (χ1) is 8.91. The van der Waals surface area contributed by atoms with Crippen molar-refractivity contribution in [2.75, 3.05) is 0 Å². The van der Waals surface area contributed by atoms with Crippen LogP contribution >= 0.6 is 0 Å². The fourth-order valence-corrected chi connectivity index (χ4v) is 1.66. The van der Waals surface area contributed by atoms with Gasteiger partial charge in [0, 0.05) is 0 Å². The molecule has 2 rings (SSSR count). The molecule has 19 heavy (non-hydrogen) atoms. The Hall–Kier alpha value is -2.48. The van der Waals surface area contributed by atoms with Crippen LogP contribution in [-0.4, -0.2) is 5.11 Å². The predicted octanol–water partition coefficient (Wildman–Crippen LogP) is 3.95. The number of hydrogen-bond acceptors (Lipinski definition) is 2. The topological polar surface area (TPSA) is 44.0 Å². The van der Waals surface area contributed by atoms with Crippen molar-refractivity contribution in [3.63, 3.8) is 0 Å². The van der Waals surface area contributed by atoms with E-state index in [9.17, 15) is 18.3 Å². The summed E-state index contributed by atoms with van der Waals surface area (Å²) < 4.78 is 37.2. The maximum atomic E-state index is 12.4. The molecule has 0 aliphatic rings. The third kappa shape index (κ3) is 2.68. The van der Waals surface area contributed by atoms with Crippen molar-refractivity contribution in [1.29, 1.82) is 5.26 Å². The monoisotopic (exact) mass is 263 g/mol. The molecule has 2 aromatic carbocycles. The van der Waals surface area contributed by atoms with Crippen LogP contribution in [0.1, 0.15) is 11.1 Å². The molecule has 1 N–H and O–H groups in total. The SMILES string of the molecule is N#Cc1ccc(-c2ccc(C(F)(F)F)cc2)cc1O. The highest BCUT2D eigenvalue weighted by Gasteiger charge is 2.29. The molecule has 0 amide bonds. The van der Waals surface area contributed by atoms with Gasteiger partial charge in [0.2, 0.25) is 0 Å². The van der Waals surface area contributed by atoms with Crippen LogP contribution in [0.5, 0.6) is 5.75 Å². The van der Waals surface area contributed by atoms with Gasteiger partial charge in [0.1, 0.15) is 11.8 Å². The average Bonchev–Trinajstić information content (AvgIpc) is 2.38. The first-order valence-electron chi connectivity index (χ1n) is 5.32. The molecule has 0 saturated carbocycles. The Morgan fingerprint density at radius 3 is 2.00 bits per heavy atom.